The van der Waals surface area contributed by atoms with Crippen molar-refractivity contribution in [3.8, 4) is 11.5 Å². The van der Waals surface area contributed by atoms with E-state index in [9.17, 15) is 14.7 Å². The van der Waals surface area contributed by atoms with E-state index >= 15 is 0 Å². The Kier molecular flexibility index (Phi) is 7.23. The van der Waals surface area contributed by atoms with Gasteiger partial charge in [0.2, 0.25) is 5.91 Å². The Hall–Kier alpha value is -3.02. The van der Waals surface area contributed by atoms with Gasteiger partial charge in [-0.2, -0.15) is 0 Å². The molecule has 0 aliphatic carbocycles. The van der Waals surface area contributed by atoms with Crippen LogP contribution in [-0.2, 0) is 11.2 Å². The maximum absolute atomic E-state index is 12.4. The van der Waals surface area contributed by atoms with E-state index < -0.39 is 5.97 Å². The van der Waals surface area contributed by atoms with Gasteiger partial charge in [-0.3, -0.25) is 4.79 Å². The summed E-state index contributed by atoms with van der Waals surface area (Å²) in [5.74, 6) is 0.00791. The molecule has 2 N–H and O–H groups in total. The number of amides is 1. The van der Waals surface area contributed by atoms with Crippen LogP contribution in [0.4, 0.5) is 0 Å². The number of nitrogens with one attached hydrogen (secondary N) is 1. The van der Waals surface area contributed by atoms with E-state index in [4.69, 9.17) is 9.47 Å². The summed E-state index contributed by atoms with van der Waals surface area (Å²) in [6, 6.07) is 11.8. The highest BCUT2D eigenvalue weighted by atomic mass is 16.5. The van der Waals surface area contributed by atoms with Crippen molar-refractivity contribution in [2.45, 2.75) is 33.2 Å². The predicted molar refractivity (Wildman–Crippen MR) is 102 cm³/mol. The van der Waals surface area contributed by atoms with E-state index in [0.29, 0.717) is 30.3 Å². The SMILES string of the molecule is CCOc1ccc(C(C)NC(=O)Cc2ccccc2C(=O)O)cc1OCC. The van der Waals surface area contributed by atoms with Crippen LogP contribution in [0.2, 0.25) is 0 Å². The van der Waals surface area contributed by atoms with Gasteiger partial charge in [0, 0.05) is 0 Å². The Bertz CT molecular complexity index is 803. The normalized spacial score (nSPS) is 11.5. The topological polar surface area (TPSA) is 84.9 Å². The predicted octanol–water partition coefficient (Wildman–Crippen LogP) is 3.60. The van der Waals surface area contributed by atoms with Crippen molar-refractivity contribution in [3.63, 3.8) is 0 Å². The van der Waals surface area contributed by atoms with Crippen molar-refractivity contribution in [1.82, 2.24) is 5.32 Å². The molecule has 0 radical (unpaired) electrons. The van der Waals surface area contributed by atoms with Crippen LogP contribution in [-0.4, -0.2) is 30.2 Å². The number of carbonyl (C=O) groups is 2. The summed E-state index contributed by atoms with van der Waals surface area (Å²) in [6.45, 7) is 6.71. The van der Waals surface area contributed by atoms with Crippen LogP contribution in [0.1, 0.15) is 48.3 Å². The second-order valence-electron chi connectivity index (χ2n) is 6.00. The molecular weight excluding hydrogens is 346 g/mol. The number of benzene rings is 2. The van der Waals surface area contributed by atoms with Gasteiger partial charge in [0.1, 0.15) is 0 Å². The third kappa shape index (κ3) is 5.48. The highest BCUT2D eigenvalue weighted by Gasteiger charge is 2.16. The van der Waals surface area contributed by atoms with Gasteiger partial charge < -0.3 is 19.9 Å². The summed E-state index contributed by atoms with van der Waals surface area (Å²) in [7, 11) is 0. The fraction of sp³-hybridized carbons (Fsp3) is 0.333. The minimum Gasteiger partial charge on any atom is -0.490 e. The summed E-state index contributed by atoms with van der Waals surface area (Å²) in [4.78, 5) is 23.7. The standard InChI is InChI=1S/C21H25NO5/c1-4-26-18-11-10-15(12-19(18)27-5-2)14(3)22-20(23)13-16-8-6-7-9-17(16)21(24)25/h6-12,14H,4-5,13H2,1-3H3,(H,22,23)(H,24,25). The molecule has 0 aromatic heterocycles. The van der Waals surface area contributed by atoms with E-state index in [1.54, 1.807) is 18.2 Å². The van der Waals surface area contributed by atoms with Crippen LogP contribution < -0.4 is 14.8 Å². The van der Waals surface area contributed by atoms with Crippen molar-refractivity contribution in [2.75, 3.05) is 13.2 Å². The monoisotopic (exact) mass is 371 g/mol. The van der Waals surface area contributed by atoms with Crippen molar-refractivity contribution in [1.29, 1.82) is 0 Å². The molecule has 27 heavy (non-hydrogen) atoms. The number of hydrogen-bond acceptors (Lipinski definition) is 4. The summed E-state index contributed by atoms with van der Waals surface area (Å²) in [6.07, 6.45) is 0.00214. The molecule has 0 bridgehead atoms. The van der Waals surface area contributed by atoms with Crippen LogP contribution in [0.5, 0.6) is 11.5 Å². The minimum atomic E-state index is -1.04. The van der Waals surface area contributed by atoms with Crippen molar-refractivity contribution < 1.29 is 24.2 Å². The van der Waals surface area contributed by atoms with Crippen LogP contribution in [0.25, 0.3) is 0 Å². The van der Waals surface area contributed by atoms with Crippen LogP contribution in [0, 0.1) is 0 Å². The van der Waals surface area contributed by atoms with Crippen molar-refractivity contribution in [2.24, 2.45) is 0 Å². The molecule has 0 saturated carbocycles. The molecule has 1 atom stereocenters. The molecule has 0 saturated heterocycles. The van der Waals surface area contributed by atoms with Gasteiger partial charge >= 0.3 is 5.97 Å². The lowest BCUT2D eigenvalue weighted by atomic mass is 10.0. The van der Waals surface area contributed by atoms with Crippen molar-refractivity contribution >= 4 is 11.9 Å². The zero-order chi connectivity index (χ0) is 19.8. The zero-order valence-electron chi connectivity index (χ0n) is 15.8. The first-order valence-electron chi connectivity index (χ1n) is 8.96. The molecule has 1 amide bonds. The molecule has 2 aromatic carbocycles. The van der Waals surface area contributed by atoms with Crippen LogP contribution in [0.15, 0.2) is 42.5 Å². The summed E-state index contributed by atoms with van der Waals surface area (Å²) in [5, 5.41) is 12.1. The molecule has 2 rings (SSSR count). The van der Waals surface area contributed by atoms with Crippen LogP contribution >= 0.6 is 0 Å². The fourth-order valence-electron chi connectivity index (χ4n) is 2.77. The van der Waals surface area contributed by atoms with Gasteiger partial charge in [0.25, 0.3) is 0 Å². The van der Waals surface area contributed by atoms with Gasteiger partial charge in [-0.05, 0) is 50.1 Å². The largest absolute Gasteiger partial charge is 0.490 e. The van der Waals surface area contributed by atoms with Gasteiger partial charge in [0.15, 0.2) is 11.5 Å². The fourth-order valence-corrected chi connectivity index (χ4v) is 2.77. The quantitative estimate of drug-likeness (QED) is 0.703. The van der Waals surface area contributed by atoms with E-state index in [0.717, 1.165) is 5.56 Å². The van der Waals surface area contributed by atoms with Gasteiger partial charge in [-0.1, -0.05) is 24.3 Å². The molecule has 1 unspecified atom stereocenters. The Morgan fingerprint density at radius 2 is 1.70 bits per heavy atom. The average Bonchev–Trinajstić information content (AvgIpc) is 2.63. The van der Waals surface area contributed by atoms with Gasteiger partial charge in [-0.15, -0.1) is 0 Å². The molecule has 2 aromatic rings. The van der Waals surface area contributed by atoms with E-state index in [-0.39, 0.29) is 23.9 Å². The second-order valence-corrected chi connectivity index (χ2v) is 6.00. The number of carbonyl (C=O) groups excluding carboxylic acids is 1. The van der Waals surface area contributed by atoms with Gasteiger partial charge in [-0.25, -0.2) is 4.79 Å². The number of ether oxygens (including phenoxy) is 2. The second kappa shape index (κ2) is 9.62. The number of rotatable bonds is 9. The first-order valence-corrected chi connectivity index (χ1v) is 8.96. The molecule has 0 heterocycles. The smallest absolute Gasteiger partial charge is 0.335 e. The minimum absolute atomic E-state index is 0.00214. The maximum atomic E-state index is 12.4. The molecular formula is C21H25NO5. The average molecular weight is 371 g/mol. The van der Waals surface area contributed by atoms with Gasteiger partial charge in [0.05, 0.1) is 31.2 Å². The summed E-state index contributed by atoms with van der Waals surface area (Å²) < 4.78 is 11.2. The molecule has 144 valence electrons. The molecule has 0 fully saturated rings. The third-order valence-corrected chi connectivity index (χ3v) is 4.04. The number of carboxylic acids is 1. The maximum Gasteiger partial charge on any atom is 0.335 e. The first-order chi connectivity index (χ1) is 13.0. The number of carboxylic acid groups (broad SMARTS) is 1. The lowest BCUT2D eigenvalue weighted by Gasteiger charge is -2.18. The Morgan fingerprint density at radius 1 is 1.04 bits per heavy atom. The van der Waals surface area contributed by atoms with Crippen LogP contribution in [0.3, 0.4) is 0 Å². The molecule has 0 aliphatic heterocycles. The van der Waals surface area contributed by atoms with E-state index in [1.165, 1.54) is 6.07 Å². The number of hydrogen-bond donors (Lipinski definition) is 2. The van der Waals surface area contributed by atoms with E-state index in [1.807, 2.05) is 39.0 Å². The van der Waals surface area contributed by atoms with Crippen molar-refractivity contribution in [3.05, 3.63) is 59.2 Å². The summed E-state index contributed by atoms with van der Waals surface area (Å²) in [5.41, 5.74) is 1.50. The Labute approximate surface area is 159 Å². The lowest BCUT2D eigenvalue weighted by molar-refractivity contribution is -0.121. The third-order valence-electron chi connectivity index (χ3n) is 4.04. The highest BCUT2D eigenvalue weighted by Crippen LogP contribution is 2.30. The highest BCUT2D eigenvalue weighted by molar-refractivity contribution is 5.91. The molecule has 6 nitrogen and oxygen atoms in total. The Balaban J connectivity index is 2.10. The Morgan fingerprint density at radius 3 is 2.37 bits per heavy atom. The first kappa shape index (κ1) is 20.3. The zero-order valence-corrected chi connectivity index (χ0v) is 15.8. The summed E-state index contributed by atoms with van der Waals surface area (Å²) >= 11 is 0. The number of aromatic carboxylic acids is 1. The lowest BCUT2D eigenvalue weighted by Crippen LogP contribution is -2.28. The molecule has 0 spiro atoms. The molecule has 6 heteroatoms. The van der Waals surface area contributed by atoms with E-state index in [2.05, 4.69) is 5.32 Å². The molecule has 0 aliphatic rings.